The summed E-state index contributed by atoms with van der Waals surface area (Å²) in [6, 6.07) is 12.8. The quantitative estimate of drug-likeness (QED) is 0.534. The number of benzene rings is 2. The number of halogens is 1. The lowest BCUT2D eigenvalue weighted by Crippen LogP contribution is -2.36. The van der Waals surface area contributed by atoms with E-state index in [4.69, 9.17) is 21.1 Å². The summed E-state index contributed by atoms with van der Waals surface area (Å²) in [5, 5.41) is 16.1. The Hall–Kier alpha value is -3.39. The second-order valence-electron chi connectivity index (χ2n) is 9.36. The number of rotatable bonds is 6. The second-order valence-corrected chi connectivity index (χ2v) is 9.80. The largest absolute Gasteiger partial charge is 0.490 e. The summed E-state index contributed by atoms with van der Waals surface area (Å²) in [6.07, 6.45) is 1.22. The molecule has 1 aliphatic heterocycles. The number of anilines is 1. The molecule has 0 saturated carbocycles. The van der Waals surface area contributed by atoms with Crippen molar-refractivity contribution in [2.45, 2.75) is 46.3 Å². The van der Waals surface area contributed by atoms with Gasteiger partial charge in [-0.2, -0.15) is 4.68 Å². The van der Waals surface area contributed by atoms with E-state index in [9.17, 15) is 4.79 Å². The number of nitrogens with one attached hydrogen (secondary N) is 1. The van der Waals surface area contributed by atoms with Crippen LogP contribution in [-0.4, -0.2) is 32.6 Å². The van der Waals surface area contributed by atoms with Gasteiger partial charge in [0.05, 0.1) is 6.61 Å². The van der Waals surface area contributed by atoms with Crippen molar-refractivity contribution >= 4 is 23.3 Å². The minimum Gasteiger partial charge on any atom is -0.490 e. The Bertz CT molecular complexity index is 1270. The van der Waals surface area contributed by atoms with E-state index in [1.165, 1.54) is 0 Å². The predicted molar refractivity (Wildman–Crippen MR) is 128 cm³/mol. The number of fused-ring (bicyclic) bond motifs is 1. The number of ketones is 1. The van der Waals surface area contributed by atoms with Crippen molar-refractivity contribution in [1.29, 1.82) is 0 Å². The first-order valence-electron chi connectivity index (χ1n) is 11.3. The maximum absolute atomic E-state index is 13.3. The third-order valence-electron chi connectivity index (χ3n) is 6.08. The fraction of sp³-hybridized carbons (Fsp3) is 0.360. The van der Waals surface area contributed by atoms with Crippen molar-refractivity contribution in [3.8, 4) is 11.5 Å². The van der Waals surface area contributed by atoms with E-state index in [0.717, 1.165) is 23.2 Å². The lowest BCUT2D eigenvalue weighted by molar-refractivity contribution is -0.118. The predicted octanol–water partition coefficient (Wildman–Crippen LogP) is 4.96. The minimum absolute atomic E-state index is 0.103. The van der Waals surface area contributed by atoms with Crippen LogP contribution in [0.3, 0.4) is 0 Å². The third kappa shape index (κ3) is 4.25. The Morgan fingerprint density at radius 3 is 2.68 bits per heavy atom. The van der Waals surface area contributed by atoms with Crippen LogP contribution in [0.1, 0.15) is 50.8 Å². The normalized spacial score (nSPS) is 18.7. The van der Waals surface area contributed by atoms with Crippen molar-refractivity contribution in [3.63, 3.8) is 0 Å². The molecule has 8 nitrogen and oxygen atoms in total. The first-order valence-corrected chi connectivity index (χ1v) is 11.7. The fourth-order valence-electron chi connectivity index (χ4n) is 4.60. The zero-order chi connectivity index (χ0) is 23.9. The number of allylic oxidation sites excluding steroid dienone is 2. The van der Waals surface area contributed by atoms with Crippen LogP contribution in [-0.2, 0) is 11.4 Å². The molecule has 5 rings (SSSR count). The number of hydrogen-bond acceptors (Lipinski definition) is 7. The van der Waals surface area contributed by atoms with Crippen molar-refractivity contribution in [2.75, 3.05) is 11.9 Å². The van der Waals surface area contributed by atoms with Gasteiger partial charge in [-0.25, -0.2) is 0 Å². The molecule has 0 saturated heterocycles. The van der Waals surface area contributed by atoms with Crippen molar-refractivity contribution in [3.05, 3.63) is 69.9 Å². The van der Waals surface area contributed by atoms with E-state index in [-0.39, 0.29) is 11.2 Å². The molecule has 1 atom stereocenters. The Morgan fingerprint density at radius 2 is 1.91 bits per heavy atom. The summed E-state index contributed by atoms with van der Waals surface area (Å²) in [6.45, 7) is 6.98. The zero-order valence-corrected chi connectivity index (χ0v) is 20.1. The monoisotopic (exact) mass is 479 g/mol. The van der Waals surface area contributed by atoms with Gasteiger partial charge in [-0.05, 0) is 64.6 Å². The SMILES string of the molecule is CCOc1cc(C2C3=C(CC(C)(C)CC3=O)Nc3nnnn32)ccc1OCc1ccc(Cl)cc1. The second kappa shape index (κ2) is 8.76. The van der Waals surface area contributed by atoms with E-state index in [1.807, 2.05) is 49.4 Å². The van der Waals surface area contributed by atoms with Crippen LogP contribution in [0.4, 0.5) is 5.95 Å². The Labute approximate surface area is 202 Å². The molecule has 1 N–H and O–H groups in total. The molecule has 34 heavy (non-hydrogen) atoms. The van der Waals surface area contributed by atoms with Crippen LogP contribution in [0.25, 0.3) is 0 Å². The van der Waals surface area contributed by atoms with Crippen molar-refractivity contribution < 1.29 is 14.3 Å². The van der Waals surface area contributed by atoms with Gasteiger partial charge < -0.3 is 14.8 Å². The summed E-state index contributed by atoms with van der Waals surface area (Å²) >= 11 is 5.98. The molecule has 2 heterocycles. The van der Waals surface area contributed by atoms with Crippen LogP contribution < -0.4 is 14.8 Å². The summed E-state index contributed by atoms with van der Waals surface area (Å²) < 4.78 is 13.6. The average molecular weight is 480 g/mol. The molecule has 3 aromatic rings. The van der Waals surface area contributed by atoms with Gasteiger partial charge in [0.15, 0.2) is 17.3 Å². The number of nitrogens with zero attached hydrogens (tertiary/aromatic N) is 4. The lowest BCUT2D eigenvalue weighted by atomic mass is 9.73. The molecule has 0 bridgehead atoms. The molecule has 1 aromatic heterocycles. The van der Waals surface area contributed by atoms with Gasteiger partial charge in [-0.15, -0.1) is 0 Å². The molecule has 176 valence electrons. The number of aromatic nitrogens is 4. The highest BCUT2D eigenvalue weighted by Gasteiger charge is 2.42. The first kappa shape index (κ1) is 22.4. The summed E-state index contributed by atoms with van der Waals surface area (Å²) in [4.78, 5) is 13.3. The molecule has 2 aromatic carbocycles. The topological polar surface area (TPSA) is 91.2 Å². The number of carbonyl (C=O) groups is 1. The minimum atomic E-state index is -0.436. The molecule has 9 heteroatoms. The van der Waals surface area contributed by atoms with Crippen LogP contribution >= 0.6 is 11.6 Å². The van der Waals surface area contributed by atoms with E-state index in [2.05, 4.69) is 34.7 Å². The highest BCUT2D eigenvalue weighted by Crippen LogP contribution is 2.46. The van der Waals surface area contributed by atoms with E-state index in [0.29, 0.717) is 47.7 Å². The van der Waals surface area contributed by atoms with Gasteiger partial charge in [0, 0.05) is 22.7 Å². The molecule has 1 unspecified atom stereocenters. The number of tetrazole rings is 1. The van der Waals surface area contributed by atoms with E-state index in [1.54, 1.807) is 4.68 Å². The summed E-state index contributed by atoms with van der Waals surface area (Å²) in [5.41, 5.74) is 3.32. The molecule has 0 amide bonds. The van der Waals surface area contributed by atoms with Gasteiger partial charge in [0.1, 0.15) is 12.6 Å². The highest BCUT2D eigenvalue weighted by molar-refractivity contribution is 6.30. The van der Waals surface area contributed by atoms with Gasteiger partial charge in [-0.3, -0.25) is 4.79 Å². The van der Waals surface area contributed by atoms with Crippen LogP contribution in [0.5, 0.6) is 11.5 Å². The molecular weight excluding hydrogens is 454 g/mol. The lowest BCUT2D eigenvalue weighted by Gasteiger charge is -2.37. The molecular formula is C25H26ClN5O3. The summed E-state index contributed by atoms with van der Waals surface area (Å²) in [7, 11) is 0. The van der Waals surface area contributed by atoms with Gasteiger partial charge >= 0.3 is 0 Å². The van der Waals surface area contributed by atoms with Gasteiger partial charge in [-0.1, -0.05) is 48.7 Å². The maximum atomic E-state index is 13.3. The standard InChI is InChI=1S/C25H26ClN5O3/c1-4-33-21-11-16(7-10-20(21)34-14-15-5-8-17(26)9-6-15)23-22-18(12-25(2,3)13-19(22)32)27-24-28-29-30-31(23)24/h5-11,23H,4,12-14H2,1-3H3,(H,27,28,30). The number of carbonyl (C=O) groups excluding carboxylic acids is 1. The number of ether oxygens (including phenoxy) is 2. The molecule has 0 spiro atoms. The van der Waals surface area contributed by atoms with Crippen LogP contribution in [0, 0.1) is 5.41 Å². The molecule has 0 fully saturated rings. The van der Waals surface area contributed by atoms with Gasteiger partial charge in [0.2, 0.25) is 5.95 Å². The van der Waals surface area contributed by atoms with Crippen molar-refractivity contribution in [2.24, 2.45) is 5.41 Å². The maximum Gasteiger partial charge on any atom is 0.248 e. The Balaban J connectivity index is 1.51. The fourth-order valence-corrected chi connectivity index (χ4v) is 4.73. The summed E-state index contributed by atoms with van der Waals surface area (Å²) in [5.74, 6) is 1.85. The molecule has 0 radical (unpaired) electrons. The highest BCUT2D eigenvalue weighted by atomic mass is 35.5. The van der Waals surface area contributed by atoms with Crippen LogP contribution in [0.2, 0.25) is 5.02 Å². The third-order valence-corrected chi connectivity index (χ3v) is 6.34. The molecule has 2 aliphatic rings. The van der Waals surface area contributed by atoms with Gasteiger partial charge in [0.25, 0.3) is 0 Å². The zero-order valence-electron chi connectivity index (χ0n) is 19.3. The van der Waals surface area contributed by atoms with E-state index < -0.39 is 6.04 Å². The average Bonchev–Trinajstić information content (AvgIpc) is 3.25. The van der Waals surface area contributed by atoms with Crippen LogP contribution in [0.15, 0.2) is 53.7 Å². The van der Waals surface area contributed by atoms with Crippen molar-refractivity contribution in [1.82, 2.24) is 20.2 Å². The first-order chi connectivity index (χ1) is 16.3. The smallest absolute Gasteiger partial charge is 0.248 e. The Morgan fingerprint density at radius 1 is 1.12 bits per heavy atom. The Kier molecular flexibility index (Phi) is 5.77. The van der Waals surface area contributed by atoms with E-state index >= 15 is 0 Å². The molecule has 1 aliphatic carbocycles. The number of Topliss-reactive ketones (excluding diaryl/α,β-unsaturated/α-hetero) is 1. The number of hydrogen-bond donors (Lipinski definition) is 1.